The van der Waals surface area contributed by atoms with Gasteiger partial charge in [0.25, 0.3) is 0 Å². The molecule has 0 aliphatic heterocycles. The summed E-state index contributed by atoms with van der Waals surface area (Å²) in [5.41, 5.74) is 4.14. The lowest BCUT2D eigenvalue weighted by Crippen LogP contribution is -1.88. The molecule has 0 atom stereocenters. The van der Waals surface area contributed by atoms with Gasteiger partial charge in [0.05, 0.1) is 17.6 Å². The SMILES string of the molecule is C(=Nc1ccc2ccccc2c1-c1cccc2ccccc12)c1ccccn1. The molecule has 0 bridgehead atoms. The number of nitrogens with zero attached hydrogens (tertiary/aromatic N) is 2. The van der Waals surface area contributed by atoms with Gasteiger partial charge in [-0.2, -0.15) is 0 Å². The van der Waals surface area contributed by atoms with E-state index in [9.17, 15) is 0 Å². The second-order valence-electron chi connectivity index (χ2n) is 6.72. The molecule has 4 aromatic carbocycles. The maximum atomic E-state index is 4.82. The molecule has 0 amide bonds. The Kier molecular flexibility index (Phi) is 4.15. The van der Waals surface area contributed by atoms with Crippen LogP contribution in [-0.2, 0) is 0 Å². The number of pyridine rings is 1. The predicted octanol–water partition coefficient (Wildman–Crippen LogP) is 6.81. The number of hydrogen-bond donors (Lipinski definition) is 0. The van der Waals surface area contributed by atoms with Gasteiger partial charge in [-0.15, -0.1) is 0 Å². The van der Waals surface area contributed by atoms with Gasteiger partial charge in [0, 0.05) is 11.8 Å². The van der Waals surface area contributed by atoms with Crippen molar-refractivity contribution in [3.63, 3.8) is 0 Å². The monoisotopic (exact) mass is 358 g/mol. The minimum absolute atomic E-state index is 0.847. The number of fused-ring (bicyclic) bond motifs is 2. The molecule has 0 saturated carbocycles. The Morgan fingerprint density at radius 2 is 1.32 bits per heavy atom. The molecule has 0 aliphatic carbocycles. The van der Waals surface area contributed by atoms with Gasteiger partial charge in [0.2, 0.25) is 0 Å². The van der Waals surface area contributed by atoms with Gasteiger partial charge in [-0.25, -0.2) is 0 Å². The van der Waals surface area contributed by atoms with Crippen molar-refractivity contribution in [1.29, 1.82) is 0 Å². The molecule has 1 aromatic heterocycles. The smallest absolute Gasteiger partial charge is 0.0812 e. The maximum absolute atomic E-state index is 4.82. The second kappa shape index (κ2) is 7.09. The largest absolute Gasteiger partial charge is 0.255 e. The quantitative estimate of drug-likeness (QED) is 0.325. The van der Waals surface area contributed by atoms with Crippen molar-refractivity contribution in [3.8, 4) is 11.1 Å². The summed E-state index contributed by atoms with van der Waals surface area (Å²) in [5, 5.41) is 4.87. The van der Waals surface area contributed by atoms with Crippen LogP contribution in [0.1, 0.15) is 5.69 Å². The fourth-order valence-electron chi connectivity index (χ4n) is 3.68. The average Bonchev–Trinajstić information content (AvgIpc) is 2.77. The molecule has 28 heavy (non-hydrogen) atoms. The van der Waals surface area contributed by atoms with Crippen molar-refractivity contribution in [2.75, 3.05) is 0 Å². The van der Waals surface area contributed by atoms with Gasteiger partial charge in [0.15, 0.2) is 0 Å². The van der Waals surface area contributed by atoms with Crippen molar-refractivity contribution >= 4 is 33.4 Å². The summed E-state index contributed by atoms with van der Waals surface area (Å²) < 4.78 is 0. The third-order valence-corrected chi connectivity index (χ3v) is 4.99. The third-order valence-electron chi connectivity index (χ3n) is 4.99. The number of aromatic nitrogens is 1. The van der Waals surface area contributed by atoms with Crippen LogP contribution < -0.4 is 0 Å². The van der Waals surface area contributed by atoms with E-state index < -0.39 is 0 Å². The van der Waals surface area contributed by atoms with E-state index in [1.54, 1.807) is 6.20 Å². The lowest BCUT2D eigenvalue weighted by Gasteiger charge is -2.13. The van der Waals surface area contributed by atoms with Gasteiger partial charge < -0.3 is 0 Å². The number of aliphatic imine (C=N–C) groups is 1. The molecule has 0 fully saturated rings. The van der Waals surface area contributed by atoms with Crippen LogP contribution in [0, 0.1) is 0 Å². The Labute approximate surface area is 163 Å². The van der Waals surface area contributed by atoms with Gasteiger partial charge in [0.1, 0.15) is 0 Å². The highest BCUT2D eigenvalue weighted by atomic mass is 14.8. The van der Waals surface area contributed by atoms with E-state index in [2.05, 4.69) is 83.8 Å². The van der Waals surface area contributed by atoms with Gasteiger partial charge in [-0.3, -0.25) is 9.98 Å². The Balaban J connectivity index is 1.79. The summed E-state index contributed by atoms with van der Waals surface area (Å²) in [6.45, 7) is 0. The van der Waals surface area contributed by atoms with E-state index in [1.807, 2.05) is 24.4 Å². The van der Waals surface area contributed by atoms with Crippen LogP contribution in [-0.4, -0.2) is 11.2 Å². The van der Waals surface area contributed by atoms with Crippen LogP contribution in [0.2, 0.25) is 0 Å². The second-order valence-corrected chi connectivity index (χ2v) is 6.72. The van der Waals surface area contributed by atoms with E-state index in [4.69, 9.17) is 4.99 Å². The molecule has 0 saturated heterocycles. The zero-order chi connectivity index (χ0) is 18.8. The number of rotatable bonds is 3. The zero-order valence-electron chi connectivity index (χ0n) is 15.3. The van der Waals surface area contributed by atoms with E-state index in [0.717, 1.165) is 16.9 Å². The highest BCUT2D eigenvalue weighted by Crippen LogP contribution is 2.40. The highest BCUT2D eigenvalue weighted by Gasteiger charge is 2.12. The topological polar surface area (TPSA) is 25.2 Å². The van der Waals surface area contributed by atoms with E-state index in [-0.39, 0.29) is 0 Å². The molecular weight excluding hydrogens is 340 g/mol. The first-order valence-electron chi connectivity index (χ1n) is 9.35. The Morgan fingerprint density at radius 1 is 0.607 bits per heavy atom. The fraction of sp³-hybridized carbons (Fsp3) is 0. The molecule has 5 aromatic rings. The normalized spacial score (nSPS) is 11.4. The molecule has 0 unspecified atom stereocenters. The third kappa shape index (κ3) is 2.95. The van der Waals surface area contributed by atoms with Crippen LogP contribution >= 0.6 is 0 Å². The van der Waals surface area contributed by atoms with E-state index in [1.165, 1.54) is 27.1 Å². The van der Waals surface area contributed by atoms with Crippen LogP contribution in [0.3, 0.4) is 0 Å². The Hall–Kier alpha value is -3.78. The van der Waals surface area contributed by atoms with Crippen molar-refractivity contribution in [1.82, 2.24) is 4.98 Å². The first kappa shape index (κ1) is 16.4. The summed E-state index contributed by atoms with van der Waals surface area (Å²) in [4.78, 5) is 9.18. The molecular formula is C26H18N2. The van der Waals surface area contributed by atoms with Crippen molar-refractivity contribution in [2.24, 2.45) is 4.99 Å². The summed E-state index contributed by atoms with van der Waals surface area (Å²) >= 11 is 0. The first-order chi connectivity index (χ1) is 13.9. The molecule has 2 nitrogen and oxygen atoms in total. The molecule has 0 spiro atoms. The van der Waals surface area contributed by atoms with E-state index in [0.29, 0.717) is 0 Å². The standard InChI is InChI=1S/C26H18N2/c1-3-12-22-19(8-1)10-7-14-24(22)26-23-13-4-2-9-20(23)15-16-25(26)28-18-21-11-5-6-17-27-21/h1-18H. The Bertz CT molecular complexity index is 1300. The first-order valence-corrected chi connectivity index (χ1v) is 9.35. The molecule has 0 N–H and O–H groups in total. The molecule has 2 heteroatoms. The lowest BCUT2D eigenvalue weighted by molar-refractivity contribution is 1.30. The van der Waals surface area contributed by atoms with Crippen molar-refractivity contribution < 1.29 is 0 Å². The average molecular weight is 358 g/mol. The van der Waals surface area contributed by atoms with Gasteiger partial charge in [-0.05, 0) is 45.3 Å². The van der Waals surface area contributed by atoms with Crippen molar-refractivity contribution in [3.05, 3.63) is 109 Å². The minimum Gasteiger partial charge on any atom is -0.255 e. The van der Waals surface area contributed by atoms with Crippen LogP contribution in [0.15, 0.2) is 108 Å². The summed E-state index contributed by atoms with van der Waals surface area (Å²) in [7, 11) is 0. The molecule has 132 valence electrons. The molecule has 1 heterocycles. The molecule has 5 rings (SSSR count). The van der Waals surface area contributed by atoms with Gasteiger partial charge >= 0.3 is 0 Å². The van der Waals surface area contributed by atoms with Crippen LogP contribution in [0.4, 0.5) is 5.69 Å². The predicted molar refractivity (Wildman–Crippen MR) is 118 cm³/mol. The zero-order valence-corrected chi connectivity index (χ0v) is 15.3. The van der Waals surface area contributed by atoms with Crippen LogP contribution in [0.5, 0.6) is 0 Å². The fourth-order valence-corrected chi connectivity index (χ4v) is 3.68. The summed E-state index contributed by atoms with van der Waals surface area (Å²) in [5.74, 6) is 0. The molecule has 0 aliphatic rings. The van der Waals surface area contributed by atoms with Crippen LogP contribution in [0.25, 0.3) is 32.7 Å². The number of hydrogen-bond acceptors (Lipinski definition) is 2. The minimum atomic E-state index is 0.847. The summed E-state index contributed by atoms with van der Waals surface area (Å²) in [6, 6.07) is 33.5. The Morgan fingerprint density at radius 3 is 2.14 bits per heavy atom. The van der Waals surface area contributed by atoms with E-state index >= 15 is 0 Å². The van der Waals surface area contributed by atoms with Crippen molar-refractivity contribution in [2.45, 2.75) is 0 Å². The van der Waals surface area contributed by atoms with Gasteiger partial charge in [-0.1, -0.05) is 78.9 Å². The summed E-state index contributed by atoms with van der Waals surface area (Å²) in [6.07, 6.45) is 3.62. The highest BCUT2D eigenvalue weighted by molar-refractivity contribution is 6.09. The number of benzene rings is 4. The molecule has 0 radical (unpaired) electrons. The lowest BCUT2D eigenvalue weighted by atomic mass is 9.92. The maximum Gasteiger partial charge on any atom is 0.0812 e.